The van der Waals surface area contributed by atoms with Crippen molar-refractivity contribution in [2.75, 3.05) is 4.31 Å². The topological polar surface area (TPSA) is 37.4 Å². The van der Waals surface area contributed by atoms with E-state index >= 15 is 0 Å². The highest BCUT2D eigenvalue weighted by Crippen LogP contribution is 2.38. The number of hydrogen-bond acceptors (Lipinski definition) is 2. The highest BCUT2D eigenvalue weighted by Gasteiger charge is 2.37. The van der Waals surface area contributed by atoms with Crippen LogP contribution >= 0.6 is 0 Å². The first-order chi connectivity index (χ1) is 17.2. The van der Waals surface area contributed by atoms with Gasteiger partial charge in [0.2, 0.25) is 0 Å². The van der Waals surface area contributed by atoms with Crippen molar-refractivity contribution < 1.29 is 39.2 Å². The minimum absolute atomic E-state index is 0.197. The number of halogens is 7. The van der Waals surface area contributed by atoms with E-state index in [0.717, 1.165) is 46.8 Å². The second-order valence-corrected chi connectivity index (χ2v) is 10.4. The van der Waals surface area contributed by atoms with Crippen LogP contribution in [0.3, 0.4) is 0 Å². The number of anilines is 1. The Balaban J connectivity index is 1.77. The van der Waals surface area contributed by atoms with Crippen LogP contribution in [0.25, 0.3) is 12.2 Å². The zero-order chi connectivity index (χ0) is 27.2. The summed E-state index contributed by atoms with van der Waals surface area (Å²) in [6.45, 7) is 1.62. The number of rotatable bonds is 4. The van der Waals surface area contributed by atoms with Crippen molar-refractivity contribution in [3.05, 3.63) is 94.3 Å². The van der Waals surface area contributed by atoms with Gasteiger partial charge < -0.3 is 0 Å². The zero-order valence-electron chi connectivity index (χ0n) is 19.2. The lowest BCUT2D eigenvalue weighted by Crippen LogP contribution is -2.42. The zero-order valence-corrected chi connectivity index (χ0v) is 20.1. The standard InChI is InChI=1S/C26H20F7NO2S/c1-16-8-11-18-12-9-17(10-13-21-22(26(31,32)33)6-3-7-23(21)27)14-24(18)34(16)37(35,36)20-5-2-4-19(15-20)25(28,29)30/h2-7,9-10,12-16H,8,11H2,1H3/b13-10+/t16-/m1/s1. The van der Waals surface area contributed by atoms with Crippen molar-refractivity contribution in [3.8, 4) is 0 Å². The number of alkyl halides is 6. The second-order valence-electron chi connectivity index (χ2n) is 8.63. The van der Waals surface area contributed by atoms with Crippen molar-refractivity contribution in [2.45, 2.75) is 43.1 Å². The fourth-order valence-corrected chi connectivity index (χ4v) is 6.03. The lowest BCUT2D eigenvalue weighted by Gasteiger charge is -2.36. The van der Waals surface area contributed by atoms with Crippen LogP contribution < -0.4 is 4.31 Å². The smallest absolute Gasteiger partial charge is 0.263 e. The molecule has 0 aromatic heterocycles. The van der Waals surface area contributed by atoms with Crippen molar-refractivity contribution in [3.63, 3.8) is 0 Å². The third-order valence-electron chi connectivity index (χ3n) is 6.10. The van der Waals surface area contributed by atoms with Gasteiger partial charge in [0.1, 0.15) is 5.82 Å². The summed E-state index contributed by atoms with van der Waals surface area (Å²) in [6, 6.07) is 9.99. The highest BCUT2D eigenvalue weighted by atomic mass is 32.2. The Hall–Kier alpha value is -3.34. The predicted molar refractivity (Wildman–Crippen MR) is 126 cm³/mol. The first-order valence-electron chi connectivity index (χ1n) is 11.1. The van der Waals surface area contributed by atoms with Gasteiger partial charge in [-0.05, 0) is 67.3 Å². The number of sulfonamides is 1. The Labute approximate surface area is 208 Å². The SMILES string of the molecule is C[C@@H]1CCc2ccc(/C=C/c3c(F)cccc3C(F)(F)F)cc2N1S(=O)(=O)c1cccc(C(F)(F)F)c1. The van der Waals surface area contributed by atoms with E-state index in [1.54, 1.807) is 19.1 Å². The lowest BCUT2D eigenvalue weighted by molar-refractivity contribution is -0.138. The predicted octanol–water partition coefficient (Wildman–Crippen LogP) is 7.56. The summed E-state index contributed by atoms with van der Waals surface area (Å²) in [5.74, 6) is -1.08. The molecule has 3 aromatic rings. The van der Waals surface area contributed by atoms with E-state index in [1.165, 1.54) is 12.1 Å². The van der Waals surface area contributed by atoms with Gasteiger partial charge in [0.25, 0.3) is 10.0 Å². The van der Waals surface area contributed by atoms with Gasteiger partial charge in [-0.15, -0.1) is 0 Å². The summed E-state index contributed by atoms with van der Waals surface area (Å²) in [5.41, 5.74) is -1.86. The maximum Gasteiger partial charge on any atom is 0.417 e. The first kappa shape index (κ1) is 26.7. The Morgan fingerprint density at radius 1 is 0.892 bits per heavy atom. The molecular weight excluding hydrogens is 523 g/mol. The van der Waals surface area contributed by atoms with Crippen LogP contribution in [-0.2, 0) is 28.8 Å². The average Bonchev–Trinajstić information content (AvgIpc) is 2.81. The Morgan fingerprint density at radius 3 is 2.27 bits per heavy atom. The van der Waals surface area contributed by atoms with Crippen molar-refractivity contribution >= 4 is 27.9 Å². The molecule has 1 atom stereocenters. The summed E-state index contributed by atoms with van der Waals surface area (Å²) >= 11 is 0. The lowest BCUT2D eigenvalue weighted by atomic mass is 9.97. The van der Waals surface area contributed by atoms with E-state index in [0.29, 0.717) is 24.5 Å². The highest BCUT2D eigenvalue weighted by molar-refractivity contribution is 7.92. The van der Waals surface area contributed by atoms with Gasteiger partial charge in [0, 0.05) is 11.6 Å². The largest absolute Gasteiger partial charge is 0.417 e. The van der Waals surface area contributed by atoms with Crippen LogP contribution in [0.1, 0.15) is 41.2 Å². The first-order valence-corrected chi connectivity index (χ1v) is 12.5. The van der Waals surface area contributed by atoms with E-state index in [-0.39, 0.29) is 11.3 Å². The molecule has 0 unspecified atom stereocenters. The van der Waals surface area contributed by atoms with Crippen LogP contribution in [0.4, 0.5) is 36.4 Å². The van der Waals surface area contributed by atoms with Gasteiger partial charge in [-0.2, -0.15) is 26.3 Å². The van der Waals surface area contributed by atoms with E-state index in [1.807, 2.05) is 0 Å². The van der Waals surface area contributed by atoms with Gasteiger partial charge in [0.15, 0.2) is 0 Å². The molecule has 0 bridgehead atoms. The molecule has 1 aliphatic heterocycles. The average molecular weight is 544 g/mol. The summed E-state index contributed by atoms with van der Waals surface area (Å²) < 4.78 is 122. The van der Waals surface area contributed by atoms with Crippen LogP contribution in [0, 0.1) is 5.82 Å². The van der Waals surface area contributed by atoms with Crippen LogP contribution in [0.5, 0.6) is 0 Å². The second kappa shape index (κ2) is 9.51. The maximum absolute atomic E-state index is 14.2. The van der Waals surface area contributed by atoms with Crippen molar-refractivity contribution in [2.24, 2.45) is 0 Å². The van der Waals surface area contributed by atoms with Gasteiger partial charge in [-0.1, -0.05) is 36.4 Å². The van der Waals surface area contributed by atoms with E-state index in [9.17, 15) is 39.2 Å². The molecule has 196 valence electrons. The molecular formula is C26H20F7NO2S. The van der Waals surface area contributed by atoms with Gasteiger partial charge in [-0.25, -0.2) is 12.8 Å². The molecule has 0 saturated heterocycles. The molecule has 37 heavy (non-hydrogen) atoms. The van der Waals surface area contributed by atoms with Gasteiger partial charge >= 0.3 is 12.4 Å². The molecule has 11 heteroatoms. The normalized spacial score (nSPS) is 16.8. The number of hydrogen-bond donors (Lipinski definition) is 0. The molecule has 0 saturated carbocycles. The minimum atomic E-state index is -4.79. The molecule has 3 nitrogen and oxygen atoms in total. The summed E-state index contributed by atoms with van der Waals surface area (Å²) in [7, 11) is -4.42. The summed E-state index contributed by atoms with van der Waals surface area (Å²) in [5, 5.41) is 0. The molecule has 1 aliphatic rings. The minimum Gasteiger partial charge on any atom is -0.263 e. The fraction of sp³-hybridized carbons (Fsp3) is 0.231. The number of fused-ring (bicyclic) bond motifs is 1. The van der Waals surface area contributed by atoms with Gasteiger partial charge in [-0.3, -0.25) is 4.31 Å². The van der Waals surface area contributed by atoms with Crippen LogP contribution in [0.2, 0.25) is 0 Å². The van der Waals surface area contributed by atoms with E-state index < -0.39 is 55.8 Å². The third-order valence-corrected chi connectivity index (χ3v) is 8.02. The van der Waals surface area contributed by atoms with E-state index in [2.05, 4.69) is 0 Å². The quantitative estimate of drug-likeness (QED) is 0.252. The third kappa shape index (κ3) is 5.36. The fourth-order valence-electron chi connectivity index (χ4n) is 4.27. The van der Waals surface area contributed by atoms with Crippen LogP contribution in [-0.4, -0.2) is 14.5 Å². The van der Waals surface area contributed by atoms with Crippen molar-refractivity contribution in [1.82, 2.24) is 0 Å². The van der Waals surface area contributed by atoms with Crippen LogP contribution in [0.15, 0.2) is 65.6 Å². The van der Waals surface area contributed by atoms with E-state index in [4.69, 9.17) is 0 Å². The summed E-state index contributed by atoms with van der Waals surface area (Å²) in [6.07, 6.45) is -6.45. The number of benzene rings is 3. The molecule has 1 heterocycles. The monoisotopic (exact) mass is 543 g/mol. The molecule has 3 aromatic carbocycles. The molecule has 0 aliphatic carbocycles. The van der Waals surface area contributed by atoms with Crippen molar-refractivity contribution in [1.29, 1.82) is 0 Å². The molecule has 0 N–H and O–H groups in total. The molecule has 0 fully saturated rings. The Bertz CT molecular complexity index is 1460. The maximum atomic E-state index is 14.2. The van der Waals surface area contributed by atoms with Gasteiger partial charge in [0.05, 0.1) is 21.7 Å². The molecule has 0 radical (unpaired) electrons. The Morgan fingerprint density at radius 2 is 1.59 bits per heavy atom. The Kier molecular flexibility index (Phi) is 6.87. The molecule has 0 spiro atoms. The molecule has 4 rings (SSSR count). The summed E-state index contributed by atoms with van der Waals surface area (Å²) in [4.78, 5) is -0.538. The molecule has 0 amide bonds. The number of nitrogens with zero attached hydrogens (tertiary/aromatic N) is 1. The number of aryl methyl sites for hydroxylation is 1.